The molecule has 2 atom stereocenters. The molecule has 5 fully saturated rings. The topological polar surface area (TPSA) is 212 Å². The molecule has 2 aromatic carbocycles. The Hall–Kier alpha value is -7.45. The number of aryl methyl sites for hydroxylation is 2. The van der Waals surface area contributed by atoms with Crippen molar-refractivity contribution in [3.63, 3.8) is 0 Å². The number of alkyl halides is 6. The number of nitrogen functional groups attached to an aromatic ring is 2. The van der Waals surface area contributed by atoms with E-state index in [9.17, 15) is 35.9 Å². The molecule has 6 aromatic rings. The van der Waals surface area contributed by atoms with Crippen LogP contribution in [0.25, 0.3) is 33.5 Å². The fourth-order valence-electron chi connectivity index (χ4n) is 11.0. The van der Waals surface area contributed by atoms with Crippen LogP contribution in [0.15, 0.2) is 97.3 Å². The van der Waals surface area contributed by atoms with Crippen LogP contribution in [0.1, 0.15) is 64.5 Å². The summed E-state index contributed by atoms with van der Waals surface area (Å²) in [5.41, 5.74) is 20.1. The van der Waals surface area contributed by atoms with Gasteiger partial charge in [-0.05, 0) is 178 Å². The molecule has 0 saturated carbocycles. The normalized spacial score (nSPS) is 19.2. The van der Waals surface area contributed by atoms with Crippen molar-refractivity contribution < 1.29 is 54.7 Å². The number of nitrogens with one attached hydrogen (secondary N) is 2. The van der Waals surface area contributed by atoms with Gasteiger partial charge in [0, 0.05) is 94.5 Å². The van der Waals surface area contributed by atoms with Gasteiger partial charge in [0.15, 0.2) is 0 Å². The lowest BCUT2D eigenvalue weighted by Gasteiger charge is -2.32. The van der Waals surface area contributed by atoms with Gasteiger partial charge >= 0.3 is 31.5 Å². The Morgan fingerprint density at radius 3 is 1.52 bits per heavy atom. The van der Waals surface area contributed by atoms with Crippen molar-refractivity contribution in [1.29, 1.82) is 0 Å². The molecule has 11 rings (SSSR count). The van der Waals surface area contributed by atoms with Crippen molar-refractivity contribution in [3.8, 4) is 33.5 Å². The molecule has 26 heteroatoms. The maximum absolute atomic E-state index is 12.9. The third-order valence-electron chi connectivity index (χ3n) is 16.5. The van der Waals surface area contributed by atoms with E-state index in [1.807, 2.05) is 96.1 Å². The number of amides is 4. The van der Waals surface area contributed by atoms with Crippen LogP contribution in [0, 0.1) is 25.7 Å². The first kappa shape index (κ1) is 65.0. The molecule has 9 heterocycles. The van der Waals surface area contributed by atoms with Crippen molar-refractivity contribution in [2.75, 3.05) is 111 Å². The fourth-order valence-corrected chi connectivity index (χ4v) is 11.2. The van der Waals surface area contributed by atoms with Gasteiger partial charge in [0.2, 0.25) is 0 Å². The first-order chi connectivity index (χ1) is 41.6. The number of rotatable bonds is 10. The maximum atomic E-state index is 12.9. The average Bonchev–Trinajstić information content (AvgIpc) is 1.89. The van der Waals surface area contributed by atoms with E-state index in [2.05, 4.69) is 35.4 Å². The molecule has 0 unspecified atom stereocenters. The summed E-state index contributed by atoms with van der Waals surface area (Å²) >= 11 is 6.32. The summed E-state index contributed by atoms with van der Waals surface area (Å²) in [6, 6.07) is 25.4. The number of pyridine rings is 4. The number of anilines is 6. The predicted octanol–water partition coefficient (Wildman–Crippen LogP) is 11.7. The Balaban J connectivity index is 0.000000170. The molecule has 18 nitrogen and oxygen atoms in total. The Kier molecular flexibility index (Phi) is 20.3. The van der Waals surface area contributed by atoms with Crippen LogP contribution in [-0.4, -0.2) is 151 Å². The van der Waals surface area contributed by atoms with E-state index >= 15 is 0 Å². The fraction of sp³-hybridized carbons (Fsp3) is 0.452. The van der Waals surface area contributed by atoms with Crippen molar-refractivity contribution in [2.24, 2.45) is 11.8 Å². The second-order valence-corrected chi connectivity index (χ2v) is 24.1. The first-order valence-electron chi connectivity index (χ1n) is 29.3. The number of morpholine rings is 2. The molecule has 88 heavy (non-hydrogen) atoms. The van der Waals surface area contributed by atoms with Gasteiger partial charge in [-0.2, -0.15) is 26.3 Å². The number of hydrogen-bond acceptors (Lipinski definition) is 14. The van der Waals surface area contributed by atoms with E-state index in [1.165, 1.54) is 9.80 Å². The summed E-state index contributed by atoms with van der Waals surface area (Å²) < 4.78 is 99.1. The second kappa shape index (κ2) is 27.5. The molecule has 470 valence electrons. The molecule has 0 spiro atoms. The minimum absolute atomic E-state index is 0.0930. The number of ether oxygens (including phenoxy) is 2. The summed E-state index contributed by atoms with van der Waals surface area (Å²) in [7, 11) is -0.365. The number of halogens is 7. The Morgan fingerprint density at radius 2 is 1.06 bits per heavy atom. The predicted molar refractivity (Wildman–Crippen MR) is 331 cm³/mol. The van der Waals surface area contributed by atoms with Gasteiger partial charge in [-0.1, -0.05) is 23.7 Å². The van der Waals surface area contributed by atoms with E-state index in [-0.39, 0.29) is 31.4 Å². The number of carbonyl (C=O) groups is 2. The standard InChI is InChI=1S/C28H31F3N6O2.C23H26ClF3N4O2.C11H17BN2O2/c1-18-2-3-22(34-27(38)37-7-5-19(17-37)16-28(29,30)31)15-23(18)21-12-24(20-4-6-33-25(32)13-20)35-26(14-21)36-8-10-39-11-9-36;1-15-2-3-18(28-22(32)31-5-4-16(14-31)13-23(25,26)27)12-19(15)17-10-20(24)29-21(11-17)30-6-8-33-9-7-30;1-10(2)11(3,4)16-12(15-10)8-5-6-14-9(13)7-8/h2-4,6,12-15,19H,5,7-11,16-17H2,1H3,(H2,32,33)(H,34,38);2-3,10-12,16H,4-9,13-14H2,1H3,(H,28,32);5-7H,1-4H3,(H2,13,14)/t19-;16-;/m00./s1. The summed E-state index contributed by atoms with van der Waals surface area (Å²) in [6.07, 6.45) is -6.17. The van der Waals surface area contributed by atoms with Crippen molar-refractivity contribution >= 4 is 70.9 Å². The monoisotopic (exact) mass is 1240 g/mol. The van der Waals surface area contributed by atoms with Gasteiger partial charge in [0.25, 0.3) is 0 Å². The zero-order chi connectivity index (χ0) is 63.1. The van der Waals surface area contributed by atoms with Crippen LogP contribution in [0.5, 0.6) is 0 Å². The molecule has 5 aliphatic rings. The highest BCUT2D eigenvalue weighted by Gasteiger charge is 2.52. The van der Waals surface area contributed by atoms with Crippen LogP contribution in [0.3, 0.4) is 0 Å². The number of nitrogens with two attached hydrogens (primary N) is 2. The second-order valence-electron chi connectivity index (χ2n) is 23.7. The number of carbonyl (C=O) groups excluding carboxylic acids is 2. The average molecular weight is 1240 g/mol. The van der Waals surface area contributed by atoms with Gasteiger partial charge in [0.05, 0.1) is 43.3 Å². The zero-order valence-electron chi connectivity index (χ0n) is 50.1. The van der Waals surface area contributed by atoms with Crippen LogP contribution < -0.4 is 37.4 Å². The minimum atomic E-state index is -4.23. The molecule has 6 N–H and O–H groups in total. The lowest BCUT2D eigenvalue weighted by molar-refractivity contribution is -0.144. The zero-order valence-corrected chi connectivity index (χ0v) is 50.9. The molecule has 5 saturated heterocycles. The quantitative estimate of drug-likeness (QED) is 0.0571. The number of urea groups is 2. The summed E-state index contributed by atoms with van der Waals surface area (Å²) in [5.74, 6) is 1.33. The lowest BCUT2D eigenvalue weighted by atomic mass is 9.80. The van der Waals surface area contributed by atoms with Gasteiger partial charge < -0.3 is 60.5 Å². The number of hydrogen-bond donors (Lipinski definition) is 4. The van der Waals surface area contributed by atoms with Crippen LogP contribution in [-0.2, 0) is 18.8 Å². The number of likely N-dealkylation sites (tertiary alicyclic amines) is 2. The number of aromatic nitrogens is 4. The van der Waals surface area contributed by atoms with E-state index < -0.39 is 49.1 Å². The third-order valence-corrected chi connectivity index (χ3v) is 16.6. The minimum Gasteiger partial charge on any atom is -0.399 e. The van der Waals surface area contributed by atoms with Crippen molar-refractivity contribution in [3.05, 3.63) is 114 Å². The van der Waals surface area contributed by atoms with E-state index in [4.69, 9.17) is 46.8 Å². The molecular formula is C62H74BClF6N12O6. The Labute approximate surface area is 513 Å². The Bertz CT molecular complexity index is 3410. The van der Waals surface area contributed by atoms with Crippen LogP contribution in [0.2, 0.25) is 5.15 Å². The van der Waals surface area contributed by atoms with E-state index in [0.29, 0.717) is 93.6 Å². The highest BCUT2D eigenvalue weighted by molar-refractivity contribution is 6.62. The third kappa shape index (κ3) is 17.2. The molecule has 4 aromatic heterocycles. The molecule has 0 aliphatic carbocycles. The highest BCUT2D eigenvalue weighted by atomic mass is 35.5. The van der Waals surface area contributed by atoms with E-state index in [1.54, 1.807) is 42.7 Å². The lowest BCUT2D eigenvalue weighted by Crippen LogP contribution is -2.41. The molecule has 5 aliphatic heterocycles. The SMILES string of the molecule is CC1(C)OB(c2ccnc(N)c2)OC1(C)C.Cc1ccc(NC(=O)N2CC[C@@H](CC(F)(F)F)C2)cc1-c1cc(-c2ccnc(N)c2)nc(N2CCOCC2)c1.Cc1ccc(NC(=O)N2CC[C@@H](CC(F)(F)F)C2)cc1-c1cc(Cl)nc(N2CCOCC2)c1. The maximum Gasteiger partial charge on any atom is 0.495 e. The van der Waals surface area contributed by atoms with Crippen LogP contribution in [0.4, 0.5) is 70.6 Å². The van der Waals surface area contributed by atoms with Gasteiger partial charge in [-0.15, -0.1) is 0 Å². The summed E-state index contributed by atoms with van der Waals surface area (Å²) in [5, 5.41) is 6.07. The van der Waals surface area contributed by atoms with Gasteiger partial charge in [0.1, 0.15) is 28.4 Å². The van der Waals surface area contributed by atoms with Crippen molar-refractivity contribution in [1.82, 2.24) is 29.7 Å². The van der Waals surface area contributed by atoms with Gasteiger partial charge in [-0.3, -0.25) is 0 Å². The molecule has 0 radical (unpaired) electrons. The van der Waals surface area contributed by atoms with Gasteiger partial charge in [-0.25, -0.2) is 29.5 Å². The molecule has 0 bridgehead atoms. The van der Waals surface area contributed by atoms with E-state index in [0.717, 1.165) is 74.8 Å². The smallest absolute Gasteiger partial charge is 0.399 e. The summed E-state index contributed by atoms with van der Waals surface area (Å²) in [4.78, 5) is 50.1. The molecular weight excluding hydrogens is 1170 g/mol. The number of benzene rings is 2. The summed E-state index contributed by atoms with van der Waals surface area (Å²) in [6.45, 7) is 18.2. The van der Waals surface area contributed by atoms with Crippen molar-refractivity contribution in [2.45, 2.75) is 90.8 Å². The Morgan fingerprint density at radius 1 is 0.602 bits per heavy atom. The highest BCUT2D eigenvalue weighted by Crippen LogP contribution is 2.39. The molecule has 4 amide bonds. The number of nitrogens with zero attached hydrogens (tertiary/aromatic N) is 8. The largest absolute Gasteiger partial charge is 0.495 e. The van der Waals surface area contributed by atoms with Crippen LogP contribution >= 0.6 is 11.6 Å². The first-order valence-corrected chi connectivity index (χ1v) is 29.6.